The highest BCUT2D eigenvalue weighted by Crippen LogP contribution is 2.27. The van der Waals surface area contributed by atoms with Gasteiger partial charge in [-0.05, 0) is 43.4 Å². The normalized spacial score (nSPS) is 19.3. The molecule has 1 atom stereocenters. The molecule has 1 aliphatic heterocycles. The predicted octanol–water partition coefficient (Wildman–Crippen LogP) is 3.19. The van der Waals surface area contributed by atoms with E-state index in [0.717, 1.165) is 11.3 Å². The van der Waals surface area contributed by atoms with Crippen LogP contribution in [0.15, 0.2) is 23.6 Å². The summed E-state index contributed by atoms with van der Waals surface area (Å²) in [4.78, 5) is 16.5. The molecule has 128 valence electrons. The number of anilines is 1. The third-order valence-corrected chi connectivity index (χ3v) is 6.95. The second-order valence-corrected chi connectivity index (χ2v) is 9.45. The lowest BCUT2D eigenvalue weighted by Crippen LogP contribution is -2.17. The molecule has 1 saturated heterocycles. The number of carbonyl (C=O) groups excluding carboxylic acids is 1. The van der Waals surface area contributed by atoms with Crippen molar-refractivity contribution in [3.8, 4) is 11.3 Å². The highest BCUT2D eigenvalue weighted by atomic mass is 32.2. The number of hydrogen-bond acceptors (Lipinski definition) is 5. The average Bonchev–Trinajstić information content (AvgIpc) is 3.08. The first-order chi connectivity index (χ1) is 11.3. The van der Waals surface area contributed by atoms with Crippen LogP contribution < -0.4 is 5.32 Å². The molecule has 1 aromatic heterocycles. The summed E-state index contributed by atoms with van der Waals surface area (Å²) < 4.78 is 22.9. The number of thiazole rings is 1. The van der Waals surface area contributed by atoms with Gasteiger partial charge in [0, 0.05) is 17.4 Å². The molecular formula is C17H20N2O3S2. The Morgan fingerprint density at radius 3 is 2.79 bits per heavy atom. The molecule has 0 bridgehead atoms. The third-order valence-electron chi connectivity index (χ3n) is 4.35. The van der Waals surface area contributed by atoms with Gasteiger partial charge in [0.25, 0.3) is 0 Å². The maximum atomic E-state index is 12.1. The molecule has 3 rings (SSSR count). The van der Waals surface area contributed by atoms with Gasteiger partial charge in [-0.3, -0.25) is 4.79 Å². The molecule has 0 saturated carbocycles. The van der Waals surface area contributed by atoms with E-state index in [1.807, 2.05) is 11.4 Å². The van der Waals surface area contributed by atoms with Crippen molar-refractivity contribution in [1.82, 2.24) is 4.98 Å². The van der Waals surface area contributed by atoms with E-state index in [1.165, 1.54) is 22.5 Å². The Kier molecular flexibility index (Phi) is 4.73. The van der Waals surface area contributed by atoms with Crippen LogP contribution in [0.4, 0.5) is 5.13 Å². The van der Waals surface area contributed by atoms with Gasteiger partial charge in [-0.25, -0.2) is 13.4 Å². The summed E-state index contributed by atoms with van der Waals surface area (Å²) in [5, 5.41) is 5.25. The van der Waals surface area contributed by atoms with E-state index < -0.39 is 9.84 Å². The average molecular weight is 364 g/mol. The van der Waals surface area contributed by atoms with Gasteiger partial charge in [0.1, 0.15) is 0 Å². The molecule has 1 N–H and O–H groups in total. The summed E-state index contributed by atoms with van der Waals surface area (Å²) >= 11 is 1.38. The molecule has 0 unspecified atom stereocenters. The smallest absolute Gasteiger partial charge is 0.226 e. The minimum Gasteiger partial charge on any atom is -0.302 e. The molecule has 1 aliphatic rings. The summed E-state index contributed by atoms with van der Waals surface area (Å²) in [5.74, 6) is 0.0675. The minimum atomic E-state index is -2.95. The molecule has 1 aromatic carbocycles. The van der Waals surface area contributed by atoms with Gasteiger partial charge in [-0.2, -0.15) is 0 Å². The summed E-state index contributed by atoms with van der Waals surface area (Å²) in [6, 6.07) is 6.16. The van der Waals surface area contributed by atoms with Crippen LogP contribution in [0.3, 0.4) is 0 Å². The molecule has 0 radical (unpaired) electrons. The third kappa shape index (κ3) is 4.02. The Morgan fingerprint density at radius 2 is 2.12 bits per heavy atom. The zero-order valence-corrected chi connectivity index (χ0v) is 15.3. The van der Waals surface area contributed by atoms with Gasteiger partial charge in [-0.1, -0.05) is 12.1 Å². The molecule has 2 aromatic rings. The maximum Gasteiger partial charge on any atom is 0.226 e. The first-order valence-electron chi connectivity index (χ1n) is 7.86. The quantitative estimate of drug-likeness (QED) is 0.904. The number of nitrogens with one attached hydrogen (secondary N) is 1. The number of nitrogens with zero attached hydrogens (tertiary/aromatic N) is 1. The minimum absolute atomic E-state index is 0.0748. The van der Waals surface area contributed by atoms with Crippen LogP contribution in [0.2, 0.25) is 0 Å². The summed E-state index contributed by atoms with van der Waals surface area (Å²) in [5.41, 5.74) is 4.29. The Balaban J connectivity index is 1.63. The number of hydrogen-bond donors (Lipinski definition) is 1. The molecule has 1 amide bonds. The van der Waals surface area contributed by atoms with E-state index >= 15 is 0 Å². The number of benzene rings is 1. The zero-order valence-electron chi connectivity index (χ0n) is 13.7. The number of aromatic nitrogens is 1. The largest absolute Gasteiger partial charge is 0.302 e. The standard InChI is InChI=1S/C17H20N2O3S2/c1-11-3-4-14(7-12(11)2)15-9-23-17(18-15)19-16(20)8-13-5-6-24(21,22)10-13/h3-4,7,9,13H,5-6,8,10H2,1-2H3,(H,18,19,20)/t13-/m1/s1. The van der Waals surface area contributed by atoms with Crippen LogP contribution in [0.5, 0.6) is 0 Å². The topological polar surface area (TPSA) is 76.1 Å². The Bertz CT molecular complexity index is 872. The van der Waals surface area contributed by atoms with Crippen molar-refractivity contribution < 1.29 is 13.2 Å². The molecule has 2 heterocycles. The maximum absolute atomic E-state index is 12.1. The highest BCUT2D eigenvalue weighted by Gasteiger charge is 2.29. The van der Waals surface area contributed by atoms with Crippen molar-refractivity contribution in [3.63, 3.8) is 0 Å². The fraction of sp³-hybridized carbons (Fsp3) is 0.412. The van der Waals surface area contributed by atoms with Crippen molar-refractivity contribution in [2.24, 2.45) is 5.92 Å². The van der Waals surface area contributed by atoms with E-state index in [-0.39, 0.29) is 29.8 Å². The van der Waals surface area contributed by atoms with Crippen molar-refractivity contribution in [3.05, 3.63) is 34.7 Å². The lowest BCUT2D eigenvalue weighted by Gasteiger charge is -2.06. The molecule has 0 aliphatic carbocycles. The molecule has 5 nitrogen and oxygen atoms in total. The number of rotatable bonds is 4. The van der Waals surface area contributed by atoms with Crippen LogP contribution in [0.1, 0.15) is 24.0 Å². The van der Waals surface area contributed by atoms with E-state index in [4.69, 9.17) is 0 Å². The second-order valence-electron chi connectivity index (χ2n) is 6.36. The van der Waals surface area contributed by atoms with Crippen LogP contribution in [0.25, 0.3) is 11.3 Å². The van der Waals surface area contributed by atoms with Crippen LogP contribution in [0, 0.1) is 19.8 Å². The number of amides is 1. The van der Waals surface area contributed by atoms with Crippen molar-refractivity contribution >= 4 is 32.2 Å². The van der Waals surface area contributed by atoms with Gasteiger partial charge >= 0.3 is 0 Å². The molecular weight excluding hydrogens is 344 g/mol. The SMILES string of the molecule is Cc1ccc(-c2csc(NC(=O)C[C@H]3CCS(=O)(=O)C3)n2)cc1C. The lowest BCUT2D eigenvalue weighted by molar-refractivity contribution is -0.116. The predicted molar refractivity (Wildman–Crippen MR) is 97.0 cm³/mol. The van der Waals surface area contributed by atoms with E-state index in [0.29, 0.717) is 11.6 Å². The van der Waals surface area contributed by atoms with Gasteiger partial charge in [0.15, 0.2) is 15.0 Å². The fourth-order valence-corrected chi connectivity index (χ4v) is 5.43. The van der Waals surface area contributed by atoms with E-state index in [1.54, 1.807) is 0 Å². The van der Waals surface area contributed by atoms with Crippen molar-refractivity contribution in [1.29, 1.82) is 0 Å². The lowest BCUT2D eigenvalue weighted by atomic mass is 10.1. The van der Waals surface area contributed by atoms with Gasteiger partial charge < -0.3 is 5.32 Å². The fourth-order valence-electron chi connectivity index (χ4n) is 2.83. The number of carbonyl (C=O) groups is 1. The Hall–Kier alpha value is -1.73. The second kappa shape index (κ2) is 6.64. The first kappa shape index (κ1) is 17.1. The summed E-state index contributed by atoms with van der Waals surface area (Å²) in [7, 11) is -2.95. The Morgan fingerprint density at radius 1 is 1.33 bits per heavy atom. The van der Waals surface area contributed by atoms with Crippen LogP contribution in [-0.2, 0) is 14.6 Å². The molecule has 0 spiro atoms. The first-order valence-corrected chi connectivity index (χ1v) is 10.6. The van der Waals surface area contributed by atoms with Crippen LogP contribution >= 0.6 is 11.3 Å². The molecule has 1 fully saturated rings. The highest BCUT2D eigenvalue weighted by molar-refractivity contribution is 7.91. The number of sulfone groups is 1. The summed E-state index contributed by atoms with van der Waals surface area (Å²) in [6.07, 6.45) is 0.805. The Labute approximate surface area is 146 Å². The van der Waals surface area contributed by atoms with Gasteiger partial charge in [0.2, 0.25) is 5.91 Å². The van der Waals surface area contributed by atoms with Gasteiger partial charge in [0.05, 0.1) is 17.2 Å². The van der Waals surface area contributed by atoms with E-state index in [2.05, 4.69) is 36.3 Å². The summed E-state index contributed by atoms with van der Waals surface area (Å²) in [6.45, 7) is 4.12. The van der Waals surface area contributed by atoms with Crippen molar-refractivity contribution in [2.75, 3.05) is 16.8 Å². The van der Waals surface area contributed by atoms with E-state index in [9.17, 15) is 13.2 Å². The van der Waals surface area contributed by atoms with Crippen LogP contribution in [-0.4, -0.2) is 30.8 Å². The molecule has 24 heavy (non-hydrogen) atoms. The monoisotopic (exact) mass is 364 g/mol. The number of aryl methyl sites for hydroxylation is 2. The zero-order chi connectivity index (χ0) is 17.3. The van der Waals surface area contributed by atoms with Gasteiger partial charge in [-0.15, -0.1) is 11.3 Å². The van der Waals surface area contributed by atoms with Crippen molar-refractivity contribution in [2.45, 2.75) is 26.7 Å². The molecule has 7 heteroatoms.